The molecule has 0 fully saturated rings. The Morgan fingerprint density at radius 1 is 0.412 bits per heavy atom. The Hall–Kier alpha value is -6.40. The van der Waals surface area contributed by atoms with E-state index in [0.717, 1.165) is 61.9 Å². The van der Waals surface area contributed by atoms with Gasteiger partial charge in [-0.3, -0.25) is 0 Å². The molecule has 0 saturated heterocycles. The van der Waals surface area contributed by atoms with Crippen LogP contribution in [0.25, 0.3) is 11.1 Å². The molecule has 0 aliphatic carbocycles. The predicted molar refractivity (Wildman–Crippen MR) is 203 cm³/mol. The average molecular weight is 670 g/mol. The molecule has 6 nitrogen and oxygen atoms in total. The molecular weight excluding hydrogens is 631 g/mol. The Bertz CT molecular complexity index is 2140. The van der Waals surface area contributed by atoms with Crippen molar-refractivity contribution in [2.45, 2.75) is 32.7 Å². The fourth-order valence-corrected chi connectivity index (χ4v) is 5.87. The summed E-state index contributed by atoms with van der Waals surface area (Å²) in [6.07, 6.45) is 1.08. The van der Waals surface area contributed by atoms with E-state index in [2.05, 4.69) is 54.6 Å². The lowest BCUT2D eigenvalue weighted by atomic mass is 9.99. The summed E-state index contributed by atoms with van der Waals surface area (Å²) in [5.74, 6) is 3.47. The molecule has 1 heterocycles. The number of nitrogens with zero attached hydrogens (tertiary/aromatic N) is 2. The van der Waals surface area contributed by atoms with Crippen molar-refractivity contribution in [2.24, 2.45) is 0 Å². The molecule has 0 radical (unpaired) electrons. The van der Waals surface area contributed by atoms with Crippen LogP contribution in [0.4, 0.5) is 5.82 Å². The number of ether oxygens (including phenoxy) is 3. The normalized spacial score (nSPS) is 10.8. The second-order valence-corrected chi connectivity index (χ2v) is 12.3. The first-order chi connectivity index (χ1) is 25.1. The van der Waals surface area contributed by atoms with Crippen LogP contribution < -0.4 is 19.9 Å². The van der Waals surface area contributed by atoms with E-state index < -0.39 is 0 Å². The Labute approximate surface area is 299 Å². The number of nitrogens with two attached hydrogens (primary N) is 1. The van der Waals surface area contributed by atoms with E-state index in [4.69, 9.17) is 29.9 Å². The van der Waals surface area contributed by atoms with Crippen LogP contribution in [0, 0.1) is 0 Å². The van der Waals surface area contributed by atoms with Gasteiger partial charge in [-0.2, -0.15) is 0 Å². The first-order valence-corrected chi connectivity index (χ1v) is 17.1. The van der Waals surface area contributed by atoms with Crippen LogP contribution in [0.15, 0.2) is 164 Å². The largest absolute Gasteiger partial charge is 0.489 e. The number of benzene rings is 6. The molecule has 7 rings (SSSR count). The highest BCUT2D eigenvalue weighted by molar-refractivity contribution is 5.76. The minimum Gasteiger partial charge on any atom is -0.489 e. The molecule has 7 aromatic rings. The maximum atomic E-state index is 6.77. The van der Waals surface area contributed by atoms with Crippen molar-refractivity contribution < 1.29 is 14.2 Å². The van der Waals surface area contributed by atoms with Crippen LogP contribution in [0.2, 0.25) is 0 Å². The Morgan fingerprint density at radius 2 is 0.902 bits per heavy atom. The van der Waals surface area contributed by atoms with Crippen LogP contribution in [0.3, 0.4) is 0 Å². The summed E-state index contributed by atoms with van der Waals surface area (Å²) < 4.78 is 18.2. The summed E-state index contributed by atoms with van der Waals surface area (Å²) in [5.41, 5.74) is 14.9. The fraction of sp³-hybridized carbons (Fsp3) is 0.111. The molecule has 51 heavy (non-hydrogen) atoms. The lowest BCUT2D eigenvalue weighted by molar-refractivity contribution is 0.306. The number of aromatic nitrogens is 2. The van der Waals surface area contributed by atoms with Crippen molar-refractivity contribution in [3.8, 4) is 28.4 Å². The Morgan fingerprint density at radius 3 is 1.45 bits per heavy atom. The quantitative estimate of drug-likeness (QED) is 0.124. The molecule has 0 saturated carbocycles. The zero-order chi connectivity index (χ0) is 34.7. The van der Waals surface area contributed by atoms with Crippen molar-refractivity contribution in [2.75, 3.05) is 5.73 Å². The third kappa shape index (κ3) is 9.19. The van der Waals surface area contributed by atoms with E-state index in [-0.39, 0.29) is 0 Å². The van der Waals surface area contributed by atoms with Gasteiger partial charge in [0.15, 0.2) is 0 Å². The van der Waals surface area contributed by atoms with E-state index in [1.165, 1.54) is 0 Å². The van der Waals surface area contributed by atoms with Gasteiger partial charge in [0.05, 0.1) is 5.69 Å². The average Bonchev–Trinajstić information content (AvgIpc) is 3.18. The third-order valence-electron chi connectivity index (χ3n) is 8.50. The molecule has 2 N–H and O–H groups in total. The molecular formula is C45H39N3O3. The number of anilines is 1. The second kappa shape index (κ2) is 16.3. The van der Waals surface area contributed by atoms with Crippen molar-refractivity contribution in [3.63, 3.8) is 0 Å². The summed E-state index contributed by atoms with van der Waals surface area (Å²) in [4.78, 5) is 9.94. The van der Waals surface area contributed by atoms with Crippen molar-refractivity contribution in [1.29, 1.82) is 0 Å². The van der Waals surface area contributed by atoms with Gasteiger partial charge in [-0.05, 0) is 69.8 Å². The second-order valence-electron chi connectivity index (χ2n) is 12.3. The summed E-state index contributed by atoms with van der Waals surface area (Å²) in [6.45, 7) is 1.51. The van der Waals surface area contributed by atoms with Gasteiger partial charge in [0, 0.05) is 18.4 Å². The lowest BCUT2D eigenvalue weighted by Gasteiger charge is -2.15. The maximum absolute atomic E-state index is 6.77. The predicted octanol–water partition coefficient (Wildman–Crippen LogP) is 9.64. The van der Waals surface area contributed by atoms with E-state index in [1.54, 1.807) is 0 Å². The van der Waals surface area contributed by atoms with Gasteiger partial charge in [0.25, 0.3) is 0 Å². The highest BCUT2D eigenvalue weighted by Gasteiger charge is 2.16. The summed E-state index contributed by atoms with van der Waals surface area (Å²) in [7, 11) is 0. The molecule has 1 aromatic heterocycles. The third-order valence-corrected chi connectivity index (χ3v) is 8.50. The van der Waals surface area contributed by atoms with Crippen LogP contribution in [-0.2, 0) is 32.7 Å². The molecule has 6 aromatic carbocycles. The zero-order valence-electron chi connectivity index (χ0n) is 28.3. The highest BCUT2D eigenvalue weighted by Crippen LogP contribution is 2.32. The van der Waals surface area contributed by atoms with E-state index in [0.29, 0.717) is 44.3 Å². The van der Waals surface area contributed by atoms with Crippen LogP contribution in [0.5, 0.6) is 17.2 Å². The molecule has 0 amide bonds. The zero-order valence-corrected chi connectivity index (χ0v) is 28.3. The van der Waals surface area contributed by atoms with E-state index >= 15 is 0 Å². The molecule has 0 unspecified atom stereocenters. The number of nitrogen functional groups attached to an aromatic ring is 1. The van der Waals surface area contributed by atoms with Crippen LogP contribution in [-0.4, -0.2) is 9.97 Å². The van der Waals surface area contributed by atoms with Crippen molar-refractivity contribution in [1.82, 2.24) is 9.97 Å². The highest BCUT2D eigenvalue weighted by atomic mass is 16.5. The minimum atomic E-state index is 0.437. The maximum Gasteiger partial charge on any atom is 0.135 e. The monoisotopic (exact) mass is 669 g/mol. The number of hydrogen-bond acceptors (Lipinski definition) is 6. The first kappa shape index (κ1) is 33.1. The summed E-state index contributed by atoms with van der Waals surface area (Å²) in [6, 6.07) is 54.6. The SMILES string of the molecule is Nc1nc(Cc2cccc(OCc3ccccc3)c2)nc(Cc2ccc(OCc3ccccc3)cc2)c1-c1ccc(OCc2ccccc2)cc1. The number of rotatable bonds is 14. The standard InChI is InChI=1S/C45H39N3O3/c46-45-44(38-21-25-40(26-22-38)50-31-35-13-6-2-7-14-35)42(28-33-19-23-39(24-20-33)49-30-34-11-4-1-5-12-34)47-43(48-45)29-37-17-10-18-41(27-37)51-32-36-15-8-3-9-16-36/h1-27H,28-32H2,(H2,46,47,48). The molecule has 6 heteroatoms. The number of hydrogen-bond donors (Lipinski definition) is 1. The summed E-state index contributed by atoms with van der Waals surface area (Å²) >= 11 is 0. The van der Waals surface area contributed by atoms with E-state index in [9.17, 15) is 0 Å². The van der Waals surface area contributed by atoms with Gasteiger partial charge in [0.2, 0.25) is 0 Å². The van der Waals surface area contributed by atoms with Crippen molar-refractivity contribution in [3.05, 3.63) is 203 Å². The van der Waals surface area contributed by atoms with Crippen molar-refractivity contribution >= 4 is 5.82 Å². The topological polar surface area (TPSA) is 79.5 Å². The van der Waals surface area contributed by atoms with Gasteiger partial charge >= 0.3 is 0 Å². The van der Waals surface area contributed by atoms with Gasteiger partial charge < -0.3 is 19.9 Å². The van der Waals surface area contributed by atoms with Gasteiger partial charge in [0.1, 0.15) is 48.7 Å². The molecule has 0 aliphatic rings. The smallest absolute Gasteiger partial charge is 0.135 e. The van der Waals surface area contributed by atoms with Gasteiger partial charge in [-0.1, -0.05) is 127 Å². The molecule has 0 spiro atoms. The lowest BCUT2D eigenvalue weighted by Crippen LogP contribution is -2.09. The van der Waals surface area contributed by atoms with Crippen LogP contribution in [0.1, 0.15) is 39.3 Å². The first-order valence-electron chi connectivity index (χ1n) is 17.1. The Kier molecular flexibility index (Phi) is 10.6. The van der Waals surface area contributed by atoms with Gasteiger partial charge in [-0.15, -0.1) is 0 Å². The molecule has 0 bridgehead atoms. The summed E-state index contributed by atoms with van der Waals surface area (Å²) in [5, 5.41) is 0. The molecule has 0 atom stereocenters. The minimum absolute atomic E-state index is 0.437. The molecule has 252 valence electrons. The van der Waals surface area contributed by atoms with Gasteiger partial charge in [-0.25, -0.2) is 9.97 Å². The fourth-order valence-electron chi connectivity index (χ4n) is 5.87. The molecule has 0 aliphatic heterocycles. The Balaban J connectivity index is 1.12. The van der Waals surface area contributed by atoms with Crippen LogP contribution >= 0.6 is 0 Å². The van der Waals surface area contributed by atoms with E-state index in [1.807, 2.05) is 109 Å².